The Morgan fingerprint density at radius 1 is 1.19 bits per heavy atom. The number of carbonyl (C=O) groups excluding carboxylic acids is 2. The molecule has 6 heteroatoms. The fraction of sp³-hybridized carbons (Fsp3) is 0.467. The first-order valence-corrected chi connectivity index (χ1v) is 7.21. The molecule has 21 heavy (non-hydrogen) atoms. The lowest BCUT2D eigenvalue weighted by molar-refractivity contribution is -0.117. The minimum absolute atomic E-state index is 0.127. The van der Waals surface area contributed by atoms with Crippen molar-refractivity contribution in [3.05, 3.63) is 29.8 Å². The predicted octanol–water partition coefficient (Wildman–Crippen LogP) is 0.655. The molecule has 0 fully saturated rings. The van der Waals surface area contributed by atoms with Crippen molar-refractivity contribution < 1.29 is 9.59 Å². The lowest BCUT2D eigenvalue weighted by atomic mass is 10.1. The molecule has 0 spiro atoms. The average Bonchev–Trinajstić information content (AvgIpc) is 2.50. The Balaban J connectivity index is 2.74. The number of hydrogen-bond acceptors (Lipinski definition) is 4. The molecular weight excluding hydrogens is 268 g/mol. The van der Waals surface area contributed by atoms with E-state index in [1.54, 1.807) is 24.3 Å². The Bertz CT molecular complexity index is 472. The molecule has 0 aromatic heterocycles. The van der Waals surface area contributed by atoms with Crippen LogP contribution in [-0.2, 0) is 4.79 Å². The van der Waals surface area contributed by atoms with Gasteiger partial charge in [-0.25, -0.2) is 0 Å². The van der Waals surface area contributed by atoms with Crippen molar-refractivity contribution in [1.82, 2.24) is 10.2 Å². The normalized spacial score (nSPS) is 10.5. The van der Waals surface area contributed by atoms with Gasteiger partial charge in [-0.05, 0) is 25.2 Å². The summed E-state index contributed by atoms with van der Waals surface area (Å²) >= 11 is 0. The zero-order chi connectivity index (χ0) is 15.7. The number of anilines is 1. The molecule has 116 valence electrons. The van der Waals surface area contributed by atoms with Gasteiger partial charge in [0.1, 0.15) is 0 Å². The fourth-order valence-corrected chi connectivity index (χ4v) is 1.91. The van der Waals surface area contributed by atoms with Crippen LogP contribution >= 0.6 is 0 Å². The second-order valence-electron chi connectivity index (χ2n) is 4.60. The van der Waals surface area contributed by atoms with Gasteiger partial charge >= 0.3 is 0 Å². The number of nitrogens with zero attached hydrogens (tertiary/aromatic N) is 1. The monoisotopic (exact) mass is 292 g/mol. The van der Waals surface area contributed by atoms with Gasteiger partial charge in [0.15, 0.2) is 0 Å². The summed E-state index contributed by atoms with van der Waals surface area (Å²) in [7, 11) is 0. The summed E-state index contributed by atoms with van der Waals surface area (Å²) in [5.74, 6) is -0.364. The summed E-state index contributed by atoms with van der Waals surface area (Å²) in [5.41, 5.74) is 6.33. The van der Waals surface area contributed by atoms with Crippen LogP contribution < -0.4 is 16.4 Å². The van der Waals surface area contributed by atoms with E-state index in [-0.39, 0.29) is 11.8 Å². The van der Waals surface area contributed by atoms with Crippen LogP contribution in [0.3, 0.4) is 0 Å². The first-order valence-electron chi connectivity index (χ1n) is 7.21. The van der Waals surface area contributed by atoms with E-state index in [4.69, 9.17) is 5.73 Å². The minimum Gasteiger partial charge on any atom is -0.351 e. The van der Waals surface area contributed by atoms with E-state index in [9.17, 15) is 9.59 Å². The van der Waals surface area contributed by atoms with E-state index < -0.39 is 0 Å². The molecule has 0 aliphatic heterocycles. The standard InChI is InChI=1S/C15H24N4O2/c1-3-19(4-2)11-14(20)18-13-8-6-5-7-12(13)15(21)17-10-9-16/h5-8H,3-4,9-11,16H2,1-2H3,(H,17,21)(H,18,20). The van der Waals surface area contributed by atoms with Crippen LogP contribution in [0, 0.1) is 0 Å². The average molecular weight is 292 g/mol. The largest absolute Gasteiger partial charge is 0.351 e. The molecular formula is C15H24N4O2. The fourth-order valence-electron chi connectivity index (χ4n) is 1.91. The van der Waals surface area contributed by atoms with Crippen LogP contribution in [0.25, 0.3) is 0 Å². The molecule has 1 aromatic carbocycles. The van der Waals surface area contributed by atoms with Gasteiger partial charge in [-0.3, -0.25) is 14.5 Å². The van der Waals surface area contributed by atoms with Gasteiger partial charge in [0.2, 0.25) is 5.91 Å². The maximum Gasteiger partial charge on any atom is 0.253 e. The number of likely N-dealkylation sites (N-methyl/N-ethyl adjacent to an activating group) is 1. The molecule has 1 aromatic rings. The molecule has 0 unspecified atom stereocenters. The van der Waals surface area contributed by atoms with Gasteiger partial charge in [0, 0.05) is 13.1 Å². The van der Waals surface area contributed by atoms with Crippen LogP contribution in [0.5, 0.6) is 0 Å². The Morgan fingerprint density at radius 2 is 1.86 bits per heavy atom. The summed E-state index contributed by atoms with van der Waals surface area (Å²) in [6, 6.07) is 6.94. The molecule has 0 saturated carbocycles. The number of nitrogens with two attached hydrogens (primary N) is 1. The summed E-state index contributed by atoms with van der Waals surface area (Å²) < 4.78 is 0. The second kappa shape index (κ2) is 9.10. The number of para-hydroxylation sites is 1. The summed E-state index contributed by atoms with van der Waals surface area (Å²) in [4.78, 5) is 26.0. The number of carbonyl (C=O) groups is 2. The molecule has 0 heterocycles. The Labute approximate surface area is 125 Å². The lowest BCUT2D eigenvalue weighted by Gasteiger charge is -2.18. The van der Waals surface area contributed by atoms with Gasteiger partial charge in [0.05, 0.1) is 17.8 Å². The topological polar surface area (TPSA) is 87.5 Å². The molecule has 0 radical (unpaired) electrons. The Kier molecular flexibility index (Phi) is 7.42. The number of benzene rings is 1. The molecule has 0 aliphatic rings. The van der Waals surface area contributed by atoms with E-state index >= 15 is 0 Å². The van der Waals surface area contributed by atoms with Crippen molar-refractivity contribution in [3.8, 4) is 0 Å². The van der Waals surface area contributed by atoms with Gasteiger partial charge < -0.3 is 16.4 Å². The Morgan fingerprint density at radius 3 is 2.48 bits per heavy atom. The quantitative estimate of drug-likeness (QED) is 0.656. The Hall–Kier alpha value is -1.92. The van der Waals surface area contributed by atoms with E-state index in [0.29, 0.717) is 30.9 Å². The highest BCUT2D eigenvalue weighted by atomic mass is 16.2. The third-order valence-corrected chi connectivity index (χ3v) is 3.14. The maximum absolute atomic E-state index is 12.0. The zero-order valence-corrected chi connectivity index (χ0v) is 12.7. The van der Waals surface area contributed by atoms with Crippen molar-refractivity contribution >= 4 is 17.5 Å². The number of rotatable bonds is 8. The number of amides is 2. The smallest absolute Gasteiger partial charge is 0.253 e. The van der Waals surface area contributed by atoms with Crippen molar-refractivity contribution in [2.24, 2.45) is 5.73 Å². The highest BCUT2D eigenvalue weighted by Gasteiger charge is 2.13. The van der Waals surface area contributed by atoms with Gasteiger partial charge in [-0.15, -0.1) is 0 Å². The van der Waals surface area contributed by atoms with E-state index in [1.807, 2.05) is 18.7 Å². The van der Waals surface area contributed by atoms with Crippen LogP contribution in [0.4, 0.5) is 5.69 Å². The molecule has 4 N–H and O–H groups in total. The third kappa shape index (κ3) is 5.53. The van der Waals surface area contributed by atoms with Crippen LogP contribution in [0.15, 0.2) is 24.3 Å². The zero-order valence-electron chi connectivity index (χ0n) is 12.7. The van der Waals surface area contributed by atoms with E-state index in [1.165, 1.54) is 0 Å². The predicted molar refractivity (Wildman–Crippen MR) is 84.2 cm³/mol. The lowest BCUT2D eigenvalue weighted by Crippen LogP contribution is -2.34. The van der Waals surface area contributed by atoms with Crippen LogP contribution in [0.2, 0.25) is 0 Å². The molecule has 2 amide bonds. The van der Waals surface area contributed by atoms with Crippen molar-refractivity contribution in [2.75, 3.05) is 38.0 Å². The molecule has 0 atom stereocenters. The SMILES string of the molecule is CCN(CC)CC(=O)Nc1ccccc1C(=O)NCCN. The molecule has 0 aliphatic carbocycles. The van der Waals surface area contributed by atoms with Crippen LogP contribution in [0.1, 0.15) is 24.2 Å². The number of hydrogen-bond donors (Lipinski definition) is 3. The van der Waals surface area contributed by atoms with Gasteiger partial charge in [-0.1, -0.05) is 26.0 Å². The minimum atomic E-state index is -0.237. The van der Waals surface area contributed by atoms with Crippen molar-refractivity contribution in [1.29, 1.82) is 0 Å². The third-order valence-electron chi connectivity index (χ3n) is 3.14. The van der Waals surface area contributed by atoms with Crippen molar-refractivity contribution in [3.63, 3.8) is 0 Å². The first kappa shape index (κ1) is 17.1. The highest BCUT2D eigenvalue weighted by molar-refractivity contribution is 6.04. The second-order valence-corrected chi connectivity index (χ2v) is 4.60. The molecule has 6 nitrogen and oxygen atoms in total. The summed E-state index contributed by atoms with van der Waals surface area (Å²) in [6.45, 7) is 6.72. The summed E-state index contributed by atoms with van der Waals surface area (Å²) in [5, 5.41) is 5.49. The van der Waals surface area contributed by atoms with Crippen LogP contribution in [-0.4, -0.2) is 49.4 Å². The maximum atomic E-state index is 12.0. The summed E-state index contributed by atoms with van der Waals surface area (Å²) in [6.07, 6.45) is 0. The molecule has 0 bridgehead atoms. The first-order chi connectivity index (χ1) is 10.1. The number of nitrogens with one attached hydrogen (secondary N) is 2. The van der Waals surface area contributed by atoms with E-state index in [0.717, 1.165) is 13.1 Å². The van der Waals surface area contributed by atoms with E-state index in [2.05, 4.69) is 10.6 Å². The van der Waals surface area contributed by atoms with Gasteiger partial charge in [-0.2, -0.15) is 0 Å². The van der Waals surface area contributed by atoms with Gasteiger partial charge in [0.25, 0.3) is 5.91 Å². The molecule has 1 rings (SSSR count). The molecule has 0 saturated heterocycles. The van der Waals surface area contributed by atoms with Crippen molar-refractivity contribution in [2.45, 2.75) is 13.8 Å². The highest BCUT2D eigenvalue weighted by Crippen LogP contribution is 2.14.